The van der Waals surface area contributed by atoms with E-state index in [1.54, 1.807) is 31.4 Å². The number of piperidine rings is 1. The number of likely N-dealkylation sites (tertiary alicyclic amines) is 1. The molecule has 0 saturated carbocycles. The maximum Gasteiger partial charge on any atom is 0.319 e. The molecule has 0 spiro atoms. The first-order valence-corrected chi connectivity index (χ1v) is 10.9. The summed E-state index contributed by atoms with van der Waals surface area (Å²) in [4.78, 5) is 27.9. The number of thiophene rings is 1. The fourth-order valence-electron chi connectivity index (χ4n) is 3.38. The van der Waals surface area contributed by atoms with Gasteiger partial charge in [-0.1, -0.05) is 23.2 Å². The first-order valence-electron chi connectivity index (χ1n) is 9.31. The number of anilines is 1. The van der Waals surface area contributed by atoms with Gasteiger partial charge in [0, 0.05) is 47.7 Å². The summed E-state index contributed by atoms with van der Waals surface area (Å²) in [5, 5.41) is 6.49. The van der Waals surface area contributed by atoms with Crippen molar-refractivity contribution < 1.29 is 14.3 Å². The van der Waals surface area contributed by atoms with Crippen LogP contribution in [0.25, 0.3) is 0 Å². The molecule has 0 bridgehead atoms. The molecule has 6 nitrogen and oxygen atoms in total. The van der Waals surface area contributed by atoms with E-state index in [9.17, 15) is 9.59 Å². The Morgan fingerprint density at radius 2 is 1.97 bits per heavy atom. The number of nitrogens with one attached hydrogen (secondary N) is 2. The molecule has 29 heavy (non-hydrogen) atoms. The summed E-state index contributed by atoms with van der Waals surface area (Å²) < 4.78 is 5.71. The molecule has 3 amide bonds. The standard InChI is InChI=1S/C20H23Cl2N3O3S/c1-28-11-9-19(26)25-10-8-16(15(12-25)17-6-7-18(22)29-17)24-20(27)23-14-4-2-13(21)3-5-14/h2-7,15-16H,8-12H2,1H3,(H2,23,24,27)/t15-,16-/m1/s1. The Labute approximate surface area is 184 Å². The maximum absolute atomic E-state index is 12.5. The van der Waals surface area contributed by atoms with Gasteiger partial charge in [0.25, 0.3) is 0 Å². The molecule has 2 atom stereocenters. The van der Waals surface area contributed by atoms with Crippen molar-refractivity contribution in [3.8, 4) is 0 Å². The molecule has 0 aliphatic carbocycles. The highest BCUT2D eigenvalue weighted by atomic mass is 35.5. The third-order valence-electron chi connectivity index (χ3n) is 4.86. The monoisotopic (exact) mass is 455 g/mol. The quantitative estimate of drug-likeness (QED) is 0.668. The zero-order valence-corrected chi connectivity index (χ0v) is 18.3. The lowest BCUT2D eigenvalue weighted by Crippen LogP contribution is -2.52. The second kappa shape index (κ2) is 10.3. The van der Waals surface area contributed by atoms with E-state index in [4.69, 9.17) is 27.9 Å². The number of carbonyl (C=O) groups is 2. The molecule has 1 saturated heterocycles. The van der Waals surface area contributed by atoms with Gasteiger partial charge in [0.2, 0.25) is 5.91 Å². The molecule has 156 valence electrons. The molecule has 0 unspecified atom stereocenters. The lowest BCUT2D eigenvalue weighted by Gasteiger charge is -2.38. The SMILES string of the molecule is COCCC(=O)N1CC[C@@H](NC(=O)Nc2ccc(Cl)cc2)[C@H](c2ccc(Cl)s2)C1. The van der Waals surface area contributed by atoms with Gasteiger partial charge in [0.15, 0.2) is 0 Å². The average Bonchev–Trinajstić information content (AvgIpc) is 3.14. The maximum atomic E-state index is 12.5. The lowest BCUT2D eigenvalue weighted by molar-refractivity contribution is -0.133. The number of carbonyl (C=O) groups excluding carboxylic acids is 2. The number of nitrogens with zero attached hydrogens (tertiary/aromatic N) is 1. The number of hydrogen-bond acceptors (Lipinski definition) is 4. The Morgan fingerprint density at radius 1 is 1.21 bits per heavy atom. The normalized spacial score (nSPS) is 19.1. The number of methoxy groups -OCH3 is 1. The van der Waals surface area contributed by atoms with E-state index >= 15 is 0 Å². The van der Waals surface area contributed by atoms with E-state index in [-0.39, 0.29) is 23.9 Å². The fourth-order valence-corrected chi connectivity index (χ4v) is 4.73. The smallest absolute Gasteiger partial charge is 0.319 e. The van der Waals surface area contributed by atoms with Crippen LogP contribution >= 0.6 is 34.5 Å². The van der Waals surface area contributed by atoms with Crippen molar-refractivity contribution in [2.45, 2.75) is 24.8 Å². The van der Waals surface area contributed by atoms with Crippen LogP contribution in [0.3, 0.4) is 0 Å². The Kier molecular flexibility index (Phi) is 7.77. The number of hydrogen-bond donors (Lipinski definition) is 2. The van der Waals surface area contributed by atoms with E-state index in [1.165, 1.54) is 11.3 Å². The summed E-state index contributed by atoms with van der Waals surface area (Å²) in [5.74, 6) is 0.0345. The van der Waals surface area contributed by atoms with Gasteiger partial charge in [-0.15, -0.1) is 11.3 Å². The zero-order chi connectivity index (χ0) is 20.8. The fraction of sp³-hybridized carbons (Fsp3) is 0.400. The highest BCUT2D eigenvalue weighted by molar-refractivity contribution is 7.16. The average molecular weight is 456 g/mol. The molecular formula is C20H23Cl2N3O3S. The molecule has 2 heterocycles. The lowest BCUT2D eigenvalue weighted by atomic mass is 9.90. The van der Waals surface area contributed by atoms with Gasteiger partial charge < -0.3 is 20.3 Å². The van der Waals surface area contributed by atoms with Gasteiger partial charge in [0.05, 0.1) is 17.4 Å². The molecule has 1 fully saturated rings. The Morgan fingerprint density at radius 3 is 2.62 bits per heavy atom. The minimum absolute atomic E-state index is 0.0243. The number of urea groups is 1. The van der Waals surface area contributed by atoms with E-state index < -0.39 is 0 Å². The van der Waals surface area contributed by atoms with Crippen molar-refractivity contribution in [3.05, 3.63) is 50.6 Å². The molecule has 2 aromatic rings. The van der Waals surface area contributed by atoms with Crippen LogP contribution in [0.15, 0.2) is 36.4 Å². The van der Waals surface area contributed by atoms with Gasteiger partial charge >= 0.3 is 6.03 Å². The van der Waals surface area contributed by atoms with Crippen molar-refractivity contribution in [2.24, 2.45) is 0 Å². The molecule has 1 aliphatic heterocycles. The van der Waals surface area contributed by atoms with Gasteiger partial charge in [-0.3, -0.25) is 4.79 Å². The summed E-state index contributed by atoms with van der Waals surface area (Å²) in [6.07, 6.45) is 1.01. The third kappa shape index (κ3) is 6.09. The predicted octanol–water partition coefficient (Wildman–Crippen LogP) is 4.60. The van der Waals surface area contributed by atoms with Gasteiger partial charge in [-0.2, -0.15) is 0 Å². The van der Waals surface area contributed by atoms with Crippen molar-refractivity contribution in [3.63, 3.8) is 0 Å². The van der Waals surface area contributed by atoms with Crippen molar-refractivity contribution in [1.82, 2.24) is 10.2 Å². The first-order chi connectivity index (χ1) is 14.0. The molecule has 2 N–H and O–H groups in total. The van der Waals surface area contributed by atoms with E-state index in [1.807, 2.05) is 17.0 Å². The van der Waals surface area contributed by atoms with Gasteiger partial charge in [-0.25, -0.2) is 4.79 Å². The number of ether oxygens (including phenoxy) is 1. The molecular weight excluding hydrogens is 433 g/mol. The van der Waals surface area contributed by atoms with Crippen LogP contribution in [-0.2, 0) is 9.53 Å². The number of halogens is 2. The third-order valence-corrected chi connectivity index (χ3v) is 6.48. The van der Waals surface area contributed by atoms with Crippen LogP contribution in [0.4, 0.5) is 10.5 Å². The number of amides is 3. The Balaban J connectivity index is 1.68. The Bertz CT molecular complexity index is 844. The summed E-state index contributed by atoms with van der Waals surface area (Å²) in [6.45, 7) is 1.52. The van der Waals surface area contributed by atoms with E-state index in [2.05, 4.69) is 10.6 Å². The minimum atomic E-state index is -0.288. The highest BCUT2D eigenvalue weighted by Crippen LogP contribution is 2.34. The largest absolute Gasteiger partial charge is 0.384 e. The van der Waals surface area contributed by atoms with Crippen LogP contribution in [-0.4, -0.2) is 49.7 Å². The van der Waals surface area contributed by atoms with Crippen molar-refractivity contribution >= 4 is 52.2 Å². The predicted molar refractivity (Wildman–Crippen MR) is 117 cm³/mol. The molecule has 1 aliphatic rings. The van der Waals surface area contributed by atoms with E-state index in [0.29, 0.717) is 47.6 Å². The second-order valence-electron chi connectivity index (χ2n) is 6.83. The summed E-state index contributed by atoms with van der Waals surface area (Å²) in [6, 6.07) is 10.3. The van der Waals surface area contributed by atoms with Crippen LogP contribution in [0, 0.1) is 0 Å². The number of rotatable bonds is 6. The van der Waals surface area contributed by atoms with Crippen LogP contribution in [0.5, 0.6) is 0 Å². The topological polar surface area (TPSA) is 70.7 Å². The number of benzene rings is 1. The summed E-state index contributed by atoms with van der Waals surface area (Å²) in [5.41, 5.74) is 0.662. The van der Waals surface area contributed by atoms with Gasteiger partial charge in [0.1, 0.15) is 0 Å². The summed E-state index contributed by atoms with van der Waals surface area (Å²) >= 11 is 13.5. The van der Waals surface area contributed by atoms with Gasteiger partial charge in [-0.05, 0) is 42.8 Å². The zero-order valence-electron chi connectivity index (χ0n) is 16.0. The first kappa shape index (κ1) is 21.9. The van der Waals surface area contributed by atoms with Crippen LogP contribution in [0.2, 0.25) is 9.36 Å². The van der Waals surface area contributed by atoms with Crippen LogP contribution in [0.1, 0.15) is 23.6 Å². The molecule has 3 rings (SSSR count). The second-order valence-corrected chi connectivity index (χ2v) is 9.01. The van der Waals surface area contributed by atoms with E-state index in [0.717, 1.165) is 4.88 Å². The molecule has 1 aromatic heterocycles. The van der Waals surface area contributed by atoms with Crippen LogP contribution < -0.4 is 10.6 Å². The summed E-state index contributed by atoms with van der Waals surface area (Å²) in [7, 11) is 1.58. The minimum Gasteiger partial charge on any atom is -0.384 e. The Hall–Kier alpha value is -1.80. The highest BCUT2D eigenvalue weighted by Gasteiger charge is 2.34. The molecule has 0 radical (unpaired) electrons. The molecule has 9 heteroatoms. The van der Waals surface area contributed by atoms with Crippen molar-refractivity contribution in [2.75, 3.05) is 32.1 Å². The molecule has 1 aromatic carbocycles. The van der Waals surface area contributed by atoms with Crippen molar-refractivity contribution in [1.29, 1.82) is 0 Å².